The van der Waals surface area contributed by atoms with Gasteiger partial charge in [0, 0.05) is 23.7 Å². The van der Waals surface area contributed by atoms with E-state index in [1.807, 2.05) is 25.2 Å². The van der Waals surface area contributed by atoms with E-state index in [1.54, 1.807) is 18.2 Å². The van der Waals surface area contributed by atoms with Crippen LogP contribution in [0.5, 0.6) is 5.75 Å². The van der Waals surface area contributed by atoms with Crippen LogP contribution < -0.4 is 21.5 Å². The zero-order valence-electron chi connectivity index (χ0n) is 17.0. The molecule has 8 nitrogen and oxygen atoms in total. The van der Waals surface area contributed by atoms with Crippen LogP contribution in [-0.4, -0.2) is 42.0 Å². The van der Waals surface area contributed by atoms with Gasteiger partial charge in [-0.15, -0.1) is 0 Å². The summed E-state index contributed by atoms with van der Waals surface area (Å²) < 4.78 is 6.00. The molecule has 3 amide bonds. The molecular weight excluding hydrogens is 418 g/mol. The highest BCUT2D eigenvalue weighted by Gasteiger charge is 2.18. The number of carbonyl (C=O) groups is 2. The van der Waals surface area contributed by atoms with Crippen LogP contribution in [0.15, 0.2) is 54.6 Å². The van der Waals surface area contributed by atoms with Crippen LogP contribution in [0.25, 0.3) is 11.3 Å². The third-order valence-electron chi connectivity index (χ3n) is 4.59. The van der Waals surface area contributed by atoms with Gasteiger partial charge >= 0.3 is 6.03 Å². The molecule has 0 saturated carbocycles. The van der Waals surface area contributed by atoms with Gasteiger partial charge in [0.2, 0.25) is 0 Å². The Morgan fingerprint density at radius 3 is 2.55 bits per heavy atom. The van der Waals surface area contributed by atoms with Gasteiger partial charge in [0.25, 0.3) is 5.91 Å². The Hall–Kier alpha value is -3.49. The molecule has 0 aliphatic heterocycles. The first-order valence-corrected chi connectivity index (χ1v) is 9.95. The number of aromatic nitrogens is 1. The second kappa shape index (κ2) is 10.0. The van der Waals surface area contributed by atoms with E-state index >= 15 is 0 Å². The average Bonchev–Trinajstić information content (AvgIpc) is 3.13. The highest BCUT2D eigenvalue weighted by atomic mass is 35.5. The number of hydrogen-bond acceptors (Lipinski definition) is 4. The second-order valence-electron chi connectivity index (χ2n) is 7.04. The van der Waals surface area contributed by atoms with E-state index in [2.05, 4.69) is 27.3 Å². The van der Waals surface area contributed by atoms with Gasteiger partial charge in [0.15, 0.2) is 0 Å². The Morgan fingerprint density at radius 1 is 1.13 bits per heavy atom. The minimum atomic E-state index is -0.820. The van der Waals surface area contributed by atoms with Crippen LogP contribution in [0, 0.1) is 0 Å². The van der Waals surface area contributed by atoms with Gasteiger partial charge in [-0.1, -0.05) is 41.9 Å². The molecule has 0 aliphatic carbocycles. The van der Waals surface area contributed by atoms with Crippen LogP contribution in [0.3, 0.4) is 0 Å². The average molecular weight is 442 g/mol. The van der Waals surface area contributed by atoms with Gasteiger partial charge in [0.1, 0.15) is 18.2 Å². The molecule has 0 saturated heterocycles. The number of rotatable bonds is 9. The summed E-state index contributed by atoms with van der Waals surface area (Å²) in [5.74, 6) is -0.0257. The van der Waals surface area contributed by atoms with Crippen molar-refractivity contribution in [3.05, 3.63) is 70.7 Å². The Kier molecular flexibility index (Phi) is 7.17. The lowest BCUT2D eigenvalue weighted by atomic mass is 10.1. The number of urea groups is 1. The number of primary amides is 2. The summed E-state index contributed by atoms with van der Waals surface area (Å²) in [6.07, 6.45) is 0. The molecule has 0 unspecified atom stereocenters. The molecule has 0 radical (unpaired) electrons. The Balaban J connectivity index is 1.75. The van der Waals surface area contributed by atoms with Gasteiger partial charge in [-0.25, -0.2) is 4.79 Å². The van der Waals surface area contributed by atoms with Crippen molar-refractivity contribution in [2.45, 2.75) is 6.54 Å². The van der Waals surface area contributed by atoms with Gasteiger partial charge < -0.3 is 21.2 Å². The van der Waals surface area contributed by atoms with E-state index in [4.69, 9.17) is 27.8 Å². The van der Waals surface area contributed by atoms with Crippen LogP contribution in [0.1, 0.15) is 15.9 Å². The number of nitrogens with one attached hydrogen (secondary N) is 2. The SMILES string of the molecule is CN(CCOc1ccc(Cl)cc1-c1cc(C(N)=O)c(NC(N)=O)[nH]1)Cc1ccccc1. The molecular formula is C22H24ClN5O3. The van der Waals surface area contributed by atoms with Crippen LogP contribution >= 0.6 is 11.6 Å². The maximum atomic E-state index is 11.7. The molecule has 0 spiro atoms. The number of carbonyl (C=O) groups excluding carboxylic acids is 2. The smallest absolute Gasteiger partial charge is 0.317 e. The number of aromatic amines is 1. The molecule has 3 aromatic rings. The molecule has 31 heavy (non-hydrogen) atoms. The number of nitrogens with two attached hydrogens (primary N) is 2. The second-order valence-corrected chi connectivity index (χ2v) is 7.47. The molecule has 2 aromatic carbocycles. The minimum Gasteiger partial charge on any atom is -0.492 e. The van der Waals surface area contributed by atoms with E-state index in [-0.39, 0.29) is 11.4 Å². The maximum absolute atomic E-state index is 11.7. The summed E-state index contributed by atoms with van der Waals surface area (Å²) in [5, 5.41) is 2.85. The quantitative estimate of drug-likeness (QED) is 0.405. The van der Waals surface area contributed by atoms with Crippen molar-refractivity contribution < 1.29 is 14.3 Å². The highest BCUT2D eigenvalue weighted by Crippen LogP contribution is 2.34. The number of hydrogen-bond donors (Lipinski definition) is 4. The van der Waals surface area contributed by atoms with Crippen LogP contribution in [-0.2, 0) is 6.54 Å². The molecule has 0 atom stereocenters. The van der Waals surface area contributed by atoms with Crippen molar-refractivity contribution in [3.63, 3.8) is 0 Å². The normalized spacial score (nSPS) is 10.8. The van der Waals surface area contributed by atoms with Crippen molar-refractivity contribution in [1.82, 2.24) is 9.88 Å². The van der Waals surface area contributed by atoms with Gasteiger partial charge in [-0.05, 0) is 36.9 Å². The standard InChI is InChI=1S/C22H24ClN5O3/c1-28(13-14-5-3-2-4-6-14)9-10-31-19-8-7-15(23)11-16(19)18-12-17(20(24)29)21(26-18)27-22(25)30/h2-8,11-12,26H,9-10,13H2,1H3,(H2,24,29)(H3,25,27,30). The Bertz CT molecular complexity index is 1070. The first-order valence-electron chi connectivity index (χ1n) is 9.58. The number of H-pyrrole nitrogens is 1. The molecule has 0 bridgehead atoms. The van der Waals surface area contributed by atoms with Gasteiger partial charge in [0.05, 0.1) is 11.3 Å². The van der Waals surface area contributed by atoms with E-state index in [0.29, 0.717) is 35.2 Å². The van der Waals surface area contributed by atoms with Crippen molar-refractivity contribution in [3.8, 4) is 17.0 Å². The molecule has 0 aliphatic rings. The lowest BCUT2D eigenvalue weighted by molar-refractivity contribution is 0.100. The molecule has 6 N–H and O–H groups in total. The topological polar surface area (TPSA) is 126 Å². The molecule has 1 aromatic heterocycles. The summed E-state index contributed by atoms with van der Waals surface area (Å²) in [6.45, 7) is 1.94. The molecule has 1 heterocycles. The lowest BCUT2D eigenvalue weighted by Gasteiger charge is -2.18. The number of likely N-dealkylation sites (N-methyl/N-ethyl adjacent to an activating group) is 1. The fourth-order valence-corrected chi connectivity index (χ4v) is 3.31. The maximum Gasteiger partial charge on any atom is 0.317 e. The highest BCUT2D eigenvalue weighted by molar-refractivity contribution is 6.31. The Labute approximate surface area is 185 Å². The minimum absolute atomic E-state index is 0.0994. The number of benzene rings is 2. The third kappa shape index (κ3) is 6.00. The zero-order chi connectivity index (χ0) is 22.4. The zero-order valence-corrected chi connectivity index (χ0v) is 17.8. The first kappa shape index (κ1) is 22.2. The number of nitrogens with zero attached hydrogens (tertiary/aromatic N) is 1. The van der Waals surface area contributed by atoms with Crippen molar-refractivity contribution >= 4 is 29.4 Å². The molecule has 9 heteroatoms. The molecule has 162 valence electrons. The largest absolute Gasteiger partial charge is 0.492 e. The molecule has 0 fully saturated rings. The number of ether oxygens (including phenoxy) is 1. The summed E-state index contributed by atoms with van der Waals surface area (Å²) in [7, 11) is 2.02. The van der Waals surface area contributed by atoms with Gasteiger partial charge in [-0.2, -0.15) is 0 Å². The summed E-state index contributed by atoms with van der Waals surface area (Å²) >= 11 is 6.18. The monoisotopic (exact) mass is 441 g/mol. The van der Waals surface area contributed by atoms with Crippen molar-refractivity contribution in [2.24, 2.45) is 11.5 Å². The fraction of sp³-hybridized carbons (Fsp3) is 0.182. The van der Waals surface area contributed by atoms with E-state index in [1.165, 1.54) is 11.6 Å². The first-order chi connectivity index (χ1) is 14.8. The predicted octanol–water partition coefficient (Wildman–Crippen LogP) is 3.44. The van der Waals surface area contributed by atoms with Crippen molar-refractivity contribution in [2.75, 3.05) is 25.5 Å². The van der Waals surface area contributed by atoms with Crippen molar-refractivity contribution in [1.29, 1.82) is 0 Å². The van der Waals surface area contributed by atoms with E-state index in [0.717, 1.165) is 6.54 Å². The van der Waals surface area contributed by atoms with E-state index < -0.39 is 11.9 Å². The Morgan fingerprint density at radius 2 is 1.87 bits per heavy atom. The summed E-state index contributed by atoms with van der Waals surface area (Å²) in [5.41, 5.74) is 13.0. The third-order valence-corrected chi connectivity index (χ3v) is 4.82. The summed E-state index contributed by atoms with van der Waals surface area (Å²) in [4.78, 5) is 28.1. The van der Waals surface area contributed by atoms with Crippen LogP contribution in [0.4, 0.5) is 10.6 Å². The number of amides is 3. The van der Waals surface area contributed by atoms with Crippen LogP contribution in [0.2, 0.25) is 5.02 Å². The fourth-order valence-electron chi connectivity index (χ4n) is 3.14. The predicted molar refractivity (Wildman–Crippen MR) is 121 cm³/mol. The lowest BCUT2D eigenvalue weighted by Crippen LogP contribution is -2.23. The number of anilines is 1. The van der Waals surface area contributed by atoms with E-state index in [9.17, 15) is 9.59 Å². The number of halogens is 1. The molecule has 3 rings (SSSR count). The van der Waals surface area contributed by atoms with Gasteiger partial charge in [-0.3, -0.25) is 15.0 Å². The summed E-state index contributed by atoms with van der Waals surface area (Å²) in [6, 6.07) is 16.0.